The molecule has 0 unspecified atom stereocenters. The van der Waals surface area contributed by atoms with Crippen molar-refractivity contribution in [3.63, 3.8) is 0 Å². The fourth-order valence-corrected chi connectivity index (χ4v) is 3.00. The highest BCUT2D eigenvalue weighted by molar-refractivity contribution is 5.91. The van der Waals surface area contributed by atoms with Crippen LogP contribution in [0.2, 0.25) is 0 Å². The lowest BCUT2D eigenvalue weighted by Crippen LogP contribution is -2.35. The number of nitrogens with one attached hydrogen (secondary N) is 1. The third-order valence-electron chi connectivity index (χ3n) is 4.48. The highest BCUT2D eigenvalue weighted by atomic mass is 16.3. The third-order valence-corrected chi connectivity index (χ3v) is 4.48. The van der Waals surface area contributed by atoms with Gasteiger partial charge in [-0.2, -0.15) is 0 Å². The Morgan fingerprint density at radius 1 is 1.18 bits per heavy atom. The van der Waals surface area contributed by atoms with Gasteiger partial charge in [-0.05, 0) is 43.9 Å². The van der Waals surface area contributed by atoms with Gasteiger partial charge >= 0.3 is 6.03 Å². The smallest absolute Gasteiger partial charge is 0.321 e. The van der Waals surface area contributed by atoms with Crippen LogP contribution < -0.4 is 5.32 Å². The number of oxazole rings is 1. The Morgan fingerprint density at radius 2 is 1.95 bits per heavy atom. The highest BCUT2D eigenvalue weighted by Gasteiger charge is 2.29. The number of hydrogen-bond acceptors (Lipinski definition) is 3. The number of hydrogen-bond donors (Lipinski definition) is 1. The van der Waals surface area contributed by atoms with Crippen molar-refractivity contribution in [3.8, 4) is 0 Å². The summed E-state index contributed by atoms with van der Waals surface area (Å²) < 4.78 is 5.75. The monoisotopic (exact) mass is 299 g/mol. The number of carbonyl (C=O) groups excluding carboxylic acids is 1. The van der Waals surface area contributed by atoms with E-state index in [9.17, 15) is 4.79 Å². The molecular weight excluding hydrogens is 278 g/mol. The number of rotatable bonds is 2. The molecule has 1 aliphatic carbocycles. The number of nitrogens with zero attached hydrogens (tertiary/aromatic N) is 2. The quantitative estimate of drug-likeness (QED) is 0.907. The first-order valence-electron chi connectivity index (χ1n) is 8.26. The van der Waals surface area contributed by atoms with Gasteiger partial charge in [0.2, 0.25) is 0 Å². The van der Waals surface area contributed by atoms with E-state index in [4.69, 9.17) is 4.42 Å². The fourth-order valence-electron chi connectivity index (χ4n) is 3.00. The number of urea groups is 1. The lowest BCUT2D eigenvalue weighted by atomic mass is 10.2. The lowest BCUT2D eigenvalue weighted by Gasteiger charge is -2.20. The molecule has 2 aliphatic rings. The van der Waals surface area contributed by atoms with Gasteiger partial charge in [-0.25, -0.2) is 9.78 Å². The summed E-state index contributed by atoms with van der Waals surface area (Å²) in [5.41, 5.74) is 2.42. The van der Waals surface area contributed by atoms with E-state index in [1.165, 1.54) is 25.7 Å². The van der Waals surface area contributed by atoms with E-state index in [1.54, 1.807) is 0 Å². The van der Waals surface area contributed by atoms with Crippen molar-refractivity contribution in [1.29, 1.82) is 0 Å². The second kappa shape index (κ2) is 5.63. The molecule has 4 rings (SSSR count). The first-order chi connectivity index (χ1) is 10.8. The second-order valence-electron chi connectivity index (χ2n) is 6.34. The molecule has 2 aromatic rings. The van der Waals surface area contributed by atoms with Crippen molar-refractivity contribution in [2.24, 2.45) is 0 Å². The highest BCUT2D eigenvalue weighted by Crippen LogP contribution is 2.40. The summed E-state index contributed by atoms with van der Waals surface area (Å²) in [7, 11) is 0. The van der Waals surface area contributed by atoms with Gasteiger partial charge in [0.15, 0.2) is 11.5 Å². The molecule has 0 bridgehead atoms. The van der Waals surface area contributed by atoms with Gasteiger partial charge in [-0.1, -0.05) is 12.8 Å². The minimum Gasteiger partial charge on any atom is -0.440 e. The summed E-state index contributed by atoms with van der Waals surface area (Å²) >= 11 is 0. The minimum absolute atomic E-state index is 0.00726. The van der Waals surface area contributed by atoms with Crippen LogP contribution in [-0.4, -0.2) is 29.0 Å². The molecule has 1 aliphatic heterocycles. The van der Waals surface area contributed by atoms with Crippen LogP contribution in [-0.2, 0) is 0 Å². The molecule has 5 nitrogen and oxygen atoms in total. The van der Waals surface area contributed by atoms with Crippen LogP contribution in [0.4, 0.5) is 10.5 Å². The number of carbonyl (C=O) groups is 1. The Kier molecular flexibility index (Phi) is 3.48. The number of amides is 2. The maximum atomic E-state index is 12.4. The summed E-state index contributed by atoms with van der Waals surface area (Å²) in [6.45, 7) is 1.70. The summed E-state index contributed by atoms with van der Waals surface area (Å²) in [6, 6.07) is 5.68. The largest absolute Gasteiger partial charge is 0.440 e. The fraction of sp³-hybridized carbons (Fsp3) is 0.529. The van der Waals surface area contributed by atoms with Crippen molar-refractivity contribution in [1.82, 2.24) is 9.88 Å². The van der Waals surface area contributed by atoms with Gasteiger partial charge in [-0.3, -0.25) is 0 Å². The van der Waals surface area contributed by atoms with Gasteiger partial charge in [0.25, 0.3) is 0 Å². The Hall–Kier alpha value is -2.04. The summed E-state index contributed by atoms with van der Waals surface area (Å²) in [4.78, 5) is 18.8. The Balaban J connectivity index is 1.49. The van der Waals surface area contributed by atoms with E-state index < -0.39 is 0 Å². The molecule has 5 heteroatoms. The standard InChI is InChI=1S/C17H21N3O2/c21-17(20-9-3-1-2-4-10-20)18-13-7-8-15-14(11-13)19-16(22-15)12-5-6-12/h7-8,11-12H,1-6,9-10H2,(H,18,21). The normalized spacial score (nSPS) is 19.2. The van der Waals surface area contributed by atoms with E-state index in [-0.39, 0.29) is 6.03 Å². The van der Waals surface area contributed by atoms with Crippen LogP contribution >= 0.6 is 0 Å². The Bertz CT molecular complexity index is 682. The van der Waals surface area contributed by atoms with Crippen molar-refractivity contribution < 1.29 is 9.21 Å². The number of aromatic nitrogens is 1. The van der Waals surface area contributed by atoms with Crippen LogP contribution in [0, 0.1) is 0 Å². The molecule has 1 N–H and O–H groups in total. The minimum atomic E-state index is -0.00726. The summed E-state index contributed by atoms with van der Waals surface area (Å²) in [6.07, 6.45) is 6.98. The van der Waals surface area contributed by atoms with E-state index in [2.05, 4.69) is 10.3 Å². The van der Waals surface area contributed by atoms with Crippen LogP contribution in [0.25, 0.3) is 11.1 Å². The molecule has 2 heterocycles. The Labute approximate surface area is 129 Å². The average Bonchev–Trinajstić information content (AvgIpc) is 3.31. The maximum Gasteiger partial charge on any atom is 0.321 e. The first-order valence-corrected chi connectivity index (χ1v) is 8.26. The molecule has 0 atom stereocenters. The van der Waals surface area contributed by atoms with Gasteiger partial charge in [0.1, 0.15) is 5.52 Å². The number of anilines is 1. The van der Waals surface area contributed by atoms with Crippen LogP contribution in [0.1, 0.15) is 50.3 Å². The maximum absolute atomic E-state index is 12.4. The van der Waals surface area contributed by atoms with Gasteiger partial charge < -0.3 is 14.6 Å². The van der Waals surface area contributed by atoms with Gasteiger partial charge in [-0.15, -0.1) is 0 Å². The molecule has 2 fully saturated rings. The second-order valence-corrected chi connectivity index (χ2v) is 6.34. The number of benzene rings is 1. The van der Waals surface area contributed by atoms with Crippen LogP contribution in [0.3, 0.4) is 0 Å². The van der Waals surface area contributed by atoms with Crippen molar-refractivity contribution in [2.75, 3.05) is 18.4 Å². The Morgan fingerprint density at radius 3 is 2.68 bits per heavy atom. The SMILES string of the molecule is O=C(Nc1ccc2oc(C3CC3)nc2c1)N1CCCCCC1. The predicted octanol–water partition coefficient (Wildman–Crippen LogP) is 4.11. The predicted molar refractivity (Wildman–Crippen MR) is 85.0 cm³/mol. The van der Waals surface area contributed by atoms with E-state index in [0.717, 1.165) is 48.6 Å². The summed E-state index contributed by atoms with van der Waals surface area (Å²) in [5.74, 6) is 1.34. The third kappa shape index (κ3) is 2.80. The molecule has 1 saturated heterocycles. The zero-order chi connectivity index (χ0) is 14.9. The van der Waals surface area contributed by atoms with Crippen molar-refractivity contribution in [3.05, 3.63) is 24.1 Å². The van der Waals surface area contributed by atoms with Crippen molar-refractivity contribution >= 4 is 22.8 Å². The van der Waals surface area contributed by atoms with E-state index >= 15 is 0 Å². The molecule has 1 saturated carbocycles. The average molecular weight is 299 g/mol. The van der Waals surface area contributed by atoms with Crippen LogP contribution in [0.15, 0.2) is 22.6 Å². The topological polar surface area (TPSA) is 58.4 Å². The number of likely N-dealkylation sites (tertiary alicyclic amines) is 1. The number of fused-ring (bicyclic) bond motifs is 1. The van der Waals surface area contributed by atoms with E-state index in [1.807, 2.05) is 23.1 Å². The first kappa shape index (κ1) is 13.6. The zero-order valence-corrected chi connectivity index (χ0v) is 12.7. The molecule has 1 aromatic carbocycles. The molecule has 116 valence electrons. The molecular formula is C17H21N3O2. The molecule has 0 spiro atoms. The lowest BCUT2D eigenvalue weighted by molar-refractivity contribution is 0.214. The van der Waals surface area contributed by atoms with Crippen LogP contribution in [0.5, 0.6) is 0 Å². The van der Waals surface area contributed by atoms with Gasteiger partial charge in [0, 0.05) is 24.7 Å². The van der Waals surface area contributed by atoms with E-state index in [0.29, 0.717) is 5.92 Å². The molecule has 2 amide bonds. The van der Waals surface area contributed by atoms with Crippen molar-refractivity contribution in [2.45, 2.75) is 44.4 Å². The molecule has 0 radical (unpaired) electrons. The molecule has 22 heavy (non-hydrogen) atoms. The molecule has 1 aromatic heterocycles. The van der Waals surface area contributed by atoms with Gasteiger partial charge in [0.05, 0.1) is 0 Å². The summed E-state index contributed by atoms with van der Waals surface area (Å²) in [5, 5.41) is 2.99. The zero-order valence-electron chi connectivity index (χ0n) is 12.7.